The van der Waals surface area contributed by atoms with Gasteiger partial charge in [-0.2, -0.15) is 13.2 Å². The van der Waals surface area contributed by atoms with Crippen LogP contribution < -0.4 is 10.6 Å². The first-order chi connectivity index (χ1) is 9.28. The molecule has 0 aliphatic carbocycles. The summed E-state index contributed by atoms with van der Waals surface area (Å²) < 4.78 is 37.4. The summed E-state index contributed by atoms with van der Waals surface area (Å²) in [6.45, 7) is -1.91. The zero-order valence-electron chi connectivity index (χ0n) is 10.2. The monoisotopic (exact) mass is 311 g/mol. The molecule has 0 atom stereocenters. The number of aliphatic hydroxyl groups is 1. The van der Waals surface area contributed by atoms with Crippen LogP contribution in [-0.2, 0) is 0 Å². The van der Waals surface area contributed by atoms with Gasteiger partial charge in [0.25, 0.3) is 0 Å². The molecule has 5 nitrogen and oxygen atoms in total. The molecule has 1 aromatic rings. The van der Waals surface area contributed by atoms with Crippen molar-refractivity contribution in [3.8, 4) is 0 Å². The van der Waals surface area contributed by atoms with E-state index in [1.807, 2.05) is 0 Å². The average Bonchev–Trinajstić information content (AvgIpc) is 2.35. The van der Waals surface area contributed by atoms with Crippen molar-refractivity contribution in [2.24, 2.45) is 10.9 Å². The highest BCUT2D eigenvalue weighted by molar-refractivity contribution is 6.33. The first-order valence-electron chi connectivity index (χ1n) is 5.48. The second kappa shape index (κ2) is 6.67. The first-order valence-corrected chi connectivity index (χ1v) is 5.86. The normalized spacial score (nSPS) is 12.6. The molecule has 1 aromatic carbocycles. The summed E-state index contributed by atoms with van der Waals surface area (Å²) in [6, 6.07) is 3.97. The minimum Gasteiger partial charge on any atom is -0.409 e. The van der Waals surface area contributed by atoms with Crippen molar-refractivity contribution in [1.29, 1.82) is 0 Å². The van der Waals surface area contributed by atoms with Crippen LogP contribution in [0.15, 0.2) is 23.4 Å². The van der Waals surface area contributed by atoms with Gasteiger partial charge in [-0.3, -0.25) is 0 Å². The van der Waals surface area contributed by atoms with Crippen LogP contribution in [-0.4, -0.2) is 42.0 Å². The zero-order chi connectivity index (χ0) is 15.3. The van der Waals surface area contributed by atoms with Gasteiger partial charge in [0.05, 0.1) is 17.3 Å². The van der Waals surface area contributed by atoms with Gasteiger partial charge in [-0.15, -0.1) is 0 Å². The molecule has 0 bridgehead atoms. The number of aliphatic hydroxyl groups excluding tert-OH is 1. The van der Waals surface area contributed by atoms with Crippen LogP contribution in [0.3, 0.4) is 0 Å². The molecule has 0 spiro atoms. The Morgan fingerprint density at radius 1 is 1.40 bits per heavy atom. The Bertz CT molecular complexity index is 494. The maximum Gasteiger partial charge on any atom is 0.405 e. The molecule has 0 aliphatic rings. The number of nitrogens with zero attached hydrogens (tertiary/aromatic N) is 2. The SMILES string of the molecule is N/C(=N/O)c1ccc(N(CCO)CC(F)(F)F)c(Cl)c1. The molecule has 0 fully saturated rings. The Balaban J connectivity index is 3.09. The Hall–Kier alpha value is -1.67. The van der Waals surface area contributed by atoms with Gasteiger partial charge in [-0.25, -0.2) is 0 Å². The van der Waals surface area contributed by atoms with Crippen molar-refractivity contribution in [1.82, 2.24) is 0 Å². The maximum atomic E-state index is 12.5. The van der Waals surface area contributed by atoms with Crippen molar-refractivity contribution < 1.29 is 23.5 Å². The van der Waals surface area contributed by atoms with Crippen LogP contribution in [0.25, 0.3) is 0 Å². The highest BCUT2D eigenvalue weighted by Gasteiger charge is 2.31. The summed E-state index contributed by atoms with van der Waals surface area (Å²) in [4.78, 5) is 0.901. The number of nitrogens with two attached hydrogens (primary N) is 1. The number of alkyl halides is 3. The molecule has 20 heavy (non-hydrogen) atoms. The lowest BCUT2D eigenvalue weighted by atomic mass is 10.1. The number of hydrogen-bond acceptors (Lipinski definition) is 4. The van der Waals surface area contributed by atoms with E-state index in [0.29, 0.717) is 0 Å². The quantitative estimate of drug-likeness (QED) is 0.335. The van der Waals surface area contributed by atoms with Crippen LogP contribution >= 0.6 is 11.6 Å². The predicted molar refractivity (Wildman–Crippen MR) is 69.3 cm³/mol. The largest absolute Gasteiger partial charge is 0.409 e. The summed E-state index contributed by atoms with van der Waals surface area (Å²) in [5.41, 5.74) is 5.74. The van der Waals surface area contributed by atoms with E-state index >= 15 is 0 Å². The van der Waals surface area contributed by atoms with Gasteiger partial charge in [0.1, 0.15) is 6.54 Å². The average molecular weight is 312 g/mol. The van der Waals surface area contributed by atoms with E-state index in [-0.39, 0.29) is 28.7 Å². The molecule has 1 rings (SSSR count). The molecule has 0 aromatic heterocycles. The van der Waals surface area contributed by atoms with Gasteiger partial charge in [-0.1, -0.05) is 16.8 Å². The smallest absolute Gasteiger partial charge is 0.405 e. The first kappa shape index (κ1) is 16.4. The third kappa shape index (κ3) is 4.46. The minimum atomic E-state index is -4.43. The number of halogens is 4. The van der Waals surface area contributed by atoms with Crippen LogP contribution in [0.4, 0.5) is 18.9 Å². The standard InChI is InChI=1S/C11H13ClF3N3O2/c12-8-5-7(10(16)17-20)1-2-9(8)18(3-4-19)6-11(13,14)15/h1-2,5,19-20H,3-4,6H2,(H2,16,17). The number of hydrogen-bond donors (Lipinski definition) is 3. The van der Waals surface area contributed by atoms with E-state index in [0.717, 1.165) is 4.90 Å². The number of rotatable bonds is 5. The van der Waals surface area contributed by atoms with E-state index in [1.54, 1.807) is 0 Å². The Labute approximate surface area is 118 Å². The molecule has 9 heteroatoms. The predicted octanol–water partition coefficient (Wildman–Crippen LogP) is 1.80. The highest BCUT2D eigenvalue weighted by Crippen LogP contribution is 2.29. The summed E-state index contributed by atoms with van der Waals surface area (Å²) in [5, 5.41) is 20.1. The molecule has 4 N–H and O–H groups in total. The molecule has 112 valence electrons. The molecule has 0 unspecified atom stereocenters. The van der Waals surface area contributed by atoms with Crippen molar-refractivity contribution in [3.05, 3.63) is 28.8 Å². The zero-order valence-corrected chi connectivity index (χ0v) is 11.0. The maximum absolute atomic E-state index is 12.5. The van der Waals surface area contributed by atoms with Crippen molar-refractivity contribution in [2.75, 3.05) is 24.6 Å². The van der Waals surface area contributed by atoms with E-state index in [9.17, 15) is 13.2 Å². The second-order valence-corrected chi connectivity index (χ2v) is 4.32. The highest BCUT2D eigenvalue weighted by atomic mass is 35.5. The van der Waals surface area contributed by atoms with Crippen LogP contribution in [0.1, 0.15) is 5.56 Å². The van der Waals surface area contributed by atoms with Crippen molar-refractivity contribution >= 4 is 23.1 Å². The Morgan fingerprint density at radius 3 is 2.50 bits per heavy atom. The fourth-order valence-corrected chi connectivity index (χ4v) is 1.90. The molecule has 0 heterocycles. The fraction of sp³-hybridized carbons (Fsp3) is 0.364. The summed E-state index contributed by atoms with van der Waals surface area (Å²) in [6.07, 6.45) is -4.43. The van der Waals surface area contributed by atoms with Crippen molar-refractivity contribution in [3.63, 3.8) is 0 Å². The molecule has 0 amide bonds. The molecule has 0 saturated carbocycles. The van der Waals surface area contributed by atoms with Crippen LogP contribution in [0.5, 0.6) is 0 Å². The van der Waals surface area contributed by atoms with Gasteiger partial charge in [-0.05, 0) is 18.2 Å². The van der Waals surface area contributed by atoms with Gasteiger partial charge in [0.2, 0.25) is 0 Å². The molecule has 0 radical (unpaired) electrons. The molecule has 0 aliphatic heterocycles. The minimum absolute atomic E-state index is 0.00630. The van der Waals surface area contributed by atoms with Crippen LogP contribution in [0, 0.1) is 0 Å². The Kier molecular flexibility index (Phi) is 5.46. The second-order valence-electron chi connectivity index (χ2n) is 3.91. The van der Waals surface area contributed by atoms with Crippen molar-refractivity contribution in [2.45, 2.75) is 6.18 Å². The van der Waals surface area contributed by atoms with E-state index in [1.165, 1.54) is 18.2 Å². The van der Waals surface area contributed by atoms with E-state index < -0.39 is 19.3 Å². The van der Waals surface area contributed by atoms with E-state index in [2.05, 4.69) is 5.16 Å². The van der Waals surface area contributed by atoms with Crippen LogP contribution in [0.2, 0.25) is 5.02 Å². The summed E-state index contributed by atoms with van der Waals surface area (Å²) in [7, 11) is 0. The third-order valence-electron chi connectivity index (χ3n) is 2.43. The van der Waals surface area contributed by atoms with E-state index in [4.69, 9.17) is 27.6 Å². The summed E-state index contributed by atoms with van der Waals surface area (Å²) >= 11 is 5.91. The number of oxime groups is 1. The molecular formula is C11H13ClF3N3O2. The molecule has 0 saturated heterocycles. The third-order valence-corrected chi connectivity index (χ3v) is 2.73. The Morgan fingerprint density at radius 2 is 2.05 bits per heavy atom. The van der Waals surface area contributed by atoms with Gasteiger partial charge >= 0.3 is 6.18 Å². The fourth-order valence-electron chi connectivity index (χ4n) is 1.60. The number of anilines is 1. The lowest BCUT2D eigenvalue weighted by Gasteiger charge is -2.26. The lowest BCUT2D eigenvalue weighted by molar-refractivity contribution is -0.119. The van der Waals surface area contributed by atoms with Gasteiger partial charge in [0, 0.05) is 12.1 Å². The van der Waals surface area contributed by atoms with Gasteiger partial charge < -0.3 is 20.9 Å². The lowest BCUT2D eigenvalue weighted by Crippen LogP contribution is -2.36. The van der Waals surface area contributed by atoms with Gasteiger partial charge in [0.15, 0.2) is 5.84 Å². The topological polar surface area (TPSA) is 82.1 Å². The summed E-state index contributed by atoms with van der Waals surface area (Å²) in [5.74, 6) is -0.206. The number of amidine groups is 1. The number of benzene rings is 1. The molecular weight excluding hydrogens is 299 g/mol.